The molecule has 1 saturated heterocycles. The summed E-state index contributed by atoms with van der Waals surface area (Å²) in [6, 6.07) is 14.4. The number of halogens is 1. The fraction of sp³-hybridized carbons (Fsp3) is 0.556. The van der Waals surface area contributed by atoms with Crippen LogP contribution >= 0.6 is 0 Å². The number of likely N-dealkylation sites (tertiary alicyclic amines) is 1. The highest BCUT2D eigenvalue weighted by Gasteiger charge is 2.32. The van der Waals surface area contributed by atoms with Gasteiger partial charge < -0.3 is 19.7 Å². The second kappa shape index (κ2) is 10.9. The van der Waals surface area contributed by atoms with Crippen molar-refractivity contribution in [1.82, 2.24) is 4.90 Å². The van der Waals surface area contributed by atoms with Gasteiger partial charge in [-0.2, -0.15) is 0 Å². The van der Waals surface area contributed by atoms with Gasteiger partial charge in [0, 0.05) is 13.1 Å². The molecular weight excluding hydrogens is 421 g/mol. The maximum atomic E-state index is 13.8. The lowest BCUT2D eigenvalue weighted by Gasteiger charge is -2.31. The summed E-state index contributed by atoms with van der Waals surface area (Å²) in [5, 5.41) is 21.6. The molecule has 4 rings (SSSR count). The van der Waals surface area contributed by atoms with Gasteiger partial charge in [-0.1, -0.05) is 43.5 Å². The molecule has 33 heavy (non-hydrogen) atoms. The van der Waals surface area contributed by atoms with Crippen molar-refractivity contribution >= 4 is 0 Å². The van der Waals surface area contributed by atoms with Crippen LogP contribution < -0.4 is 9.47 Å². The van der Waals surface area contributed by atoms with Crippen LogP contribution in [-0.4, -0.2) is 52.6 Å². The van der Waals surface area contributed by atoms with Gasteiger partial charge in [-0.25, -0.2) is 4.39 Å². The molecule has 2 aliphatic rings. The third-order valence-electron chi connectivity index (χ3n) is 6.96. The summed E-state index contributed by atoms with van der Waals surface area (Å²) in [7, 11) is 0. The lowest BCUT2D eigenvalue weighted by molar-refractivity contribution is -0.0339. The first-order valence-electron chi connectivity index (χ1n) is 12.2. The van der Waals surface area contributed by atoms with Crippen LogP contribution in [0.25, 0.3) is 0 Å². The topological polar surface area (TPSA) is 62.2 Å². The first-order valence-corrected chi connectivity index (χ1v) is 12.2. The number of hydrogen-bond donors (Lipinski definition) is 2. The van der Waals surface area contributed by atoms with Gasteiger partial charge in [0.25, 0.3) is 0 Å². The summed E-state index contributed by atoms with van der Waals surface area (Å²) in [5.74, 6) is 0.565. The molecule has 180 valence electrons. The van der Waals surface area contributed by atoms with E-state index in [-0.39, 0.29) is 12.4 Å². The standard InChI is InChI=1S/C27H36FNO4/c28-24-7-2-3-8-25(24)33-21-27(31)15-6-17-29(18-16-27)19-22-9-11-23(12-10-22)32-20-26(30)13-4-1-5-14-26/h2-3,7-12,30-31H,1,4-6,13-21H2/t27-/m1/s1. The van der Waals surface area contributed by atoms with Gasteiger partial charge in [0.2, 0.25) is 0 Å². The van der Waals surface area contributed by atoms with Crippen molar-refractivity contribution in [2.75, 3.05) is 26.3 Å². The van der Waals surface area contributed by atoms with Crippen molar-refractivity contribution in [3.05, 3.63) is 59.9 Å². The van der Waals surface area contributed by atoms with Crippen LogP contribution in [0.4, 0.5) is 4.39 Å². The van der Waals surface area contributed by atoms with E-state index in [2.05, 4.69) is 17.0 Å². The van der Waals surface area contributed by atoms with E-state index >= 15 is 0 Å². The number of nitrogens with zero attached hydrogens (tertiary/aromatic N) is 1. The molecule has 1 aliphatic heterocycles. The van der Waals surface area contributed by atoms with Crippen LogP contribution in [0.2, 0.25) is 0 Å². The van der Waals surface area contributed by atoms with E-state index in [0.717, 1.165) is 57.5 Å². The summed E-state index contributed by atoms with van der Waals surface area (Å²) in [4.78, 5) is 2.33. The fourth-order valence-corrected chi connectivity index (χ4v) is 4.83. The Bertz CT molecular complexity index is 884. The Hall–Kier alpha value is -2.15. The predicted molar refractivity (Wildman–Crippen MR) is 126 cm³/mol. The Balaban J connectivity index is 1.24. The van der Waals surface area contributed by atoms with E-state index in [1.165, 1.54) is 18.1 Å². The Morgan fingerprint density at radius 1 is 0.758 bits per heavy atom. The lowest BCUT2D eigenvalue weighted by Crippen LogP contribution is -2.37. The number of aliphatic hydroxyl groups is 2. The number of para-hydroxylation sites is 1. The molecule has 0 bridgehead atoms. The van der Waals surface area contributed by atoms with Gasteiger partial charge in [-0.05, 0) is 68.5 Å². The van der Waals surface area contributed by atoms with Gasteiger partial charge in [-0.15, -0.1) is 0 Å². The maximum absolute atomic E-state index is 13.8. The highest BCUT2D eigenvalue weighted by atomic mass is 19.1. The molecular formula is C27H36FNO4. The third kappa shape index (κ3) is 6.92. The zero-order chi connectivity index (χ0) is 23.2. The molecule has 0 spiro atoms. The van der Waals surface area contributed by atoms with Crippen molar-refractivity contribution in [2.45, 2.75) is 69.1 Å². The SMILES string of the molecule is OC1(COc2ccc(CN3CCC[C@](O)(COc4ccccc4F)CC3)cc2)CCCCC1. The molecule has 5 nitrogen and oxygen atoms in total. The van der Waals surface area contributed by atoms with E-state index in [1.54, 1.807) is 18.2 Å². The molecule has 1 saturated carbocycles. The summed E-state index contributed by atoms with van der Waals surface area (Å²) in [5.41, 5.74) is -0.448. The number of ether oxygens (including phenoxy) is 2. The van der Waals surface area contributed by atoms with Gasteiger partial charge in [-0.3, -0.25) is 4.90 Å². The van der Waals surface area contributed by atoms with E-state index in [0.29, 0.717) is 19.4 Å². The minimum absolute atomic E-state index is 0.0974. The summed E-state index contributed by atoms with van der Waals surface area (Å²) in [6.07, 6.45) is 7.04. The minimum Gasteiger partial charge on any atom is -0.491 e. The summed E-state index contributed by atoms with van der Waals surface area (Å²) in [6.45, 7) is 2.90. The van der Waals surface area contributed by atoms with E-state index in [9.17, 15) is 14.6 Å². The zero-order valence-corrected chi connectivity index (χ0v) is 19.3. The van der Waals surface area contributed by atoms with Crippen molar-refractivity contribution in [2.24, 2.45) is 0 Å². The molecule has 2 fully saturated rings. The van der Waals surface area contributed by atoms with Crippen molar-refractivity contribution < 1.29 is 24.1 Å². The molecule has 1 aliphatic carbocycles. The van der Waals surface area contributed by atoms with Crippen LogP contribution in [0.15, 0.2) is 48.5 Å². The summed E-state index contributed by atoms with van der Waals surface area (Å²) >= 11 is 0. The minimum atomic E-state index is -0.950. The smallest absolute Gasteiger partial charge is 0.165 e. The monoisotopic (exact) mass is 457 g/mol. The Morgan fingerprint density at radius 3 is 2.18 bits per heavy atom. The normalized spacial score (nSPS) is 23.6. The zero-order valence-electron chi connectivity index (χ0n) is 19.3. The average molecular weight is 458 g/mol. The van der Waals surface area contributed by atoms with Crippen molar-refractivity contribution in [3.8, 4) is 11.5 Å². The van der Waals surface area contributed by atoms with Crippen LogP contribution in [0, 0.1) is 5.82 Å². The Morgan fingerprint density at radius 2 is 1.42 bits per heavy atom. The van der Waals surface area contributed by atoms with E-state index < -0.39 is 17.0 Å². The predicted octanol–water partition coefficient (Wildman–Crippen LogP) is 4.70. The second-order valence-electron chi connectivity index (χ2n) is 9.79. The molecule has 2 aromatic rings. The van der Waals surface area contributed by atoms with Crippen LogP contribution in [0.3, 0.4) is 0 Å². The molecule has 1 heterocycles. The highest BCUT2D eigenvalue weighted by Crippen LogP contribution is 2.29. The van der Waals surface area contributed by atoms with E-state index in [1.807, 2.05) is 12.1 Å². The van der Waals surface area contributed by atoms with Gasteiger partial charge >= 0.3 is 0 Å². The Labute approximate surface area is 196 Å². The number of rotatable bonds is 8. The molecule has 2 aromatic carbocycles. The molecule has 0 aromatic heterocycles. The fourth-order valence-electron chi connectivity index (χ4n) is 4.83. The van der Waals surface area contributed by atoms with Crippen molar-refractivity contribution in [3.63, 3.8) is 0 Å². The molecule has 0 radical (unpaired) electrons. The number of hydrogen-bond acceptors (Lipinski definition) is 5. The summed E-state index contributed by atoms with van der Waals surface area (Å²) < 4.78 is 25.3. The maximum Gasteiger partial charge on any atom is 0.165 e. The lowest BCUT2D eigenvalue weighted by atomic mass is 9.85. The molecule has 0 amide bonds. The molecule has 2 N–H and O–H groups in total. The highest BCUT2D eigenvalue weighted by molar-refractivity contribution is 5.27. The number of benzene rings is 2. The first kappa shape index (κ1) is 24.0. The van der Waals surface area contributed by atoms with Gasteiger partial charge in [0.05, 0.1) is 11.2 Å². The third-order valence-corrected chi connectivity index (χ3v) is 6.96. The van der Waals surface area contributed by atoms with Gasteiger partial charge in [0.1, 0.15) is 19.0 Å². The largest absolute Gasteiger partial charge is 0.491 e. The average Bonchev–Trinajstić information content (AvgIpc) is 3.00. The van der Waals surface area contributed by atoms with Gasteiger partial charge in [0.15, 0.2) is 11.6 Å². The molecule has 1 atom stereocenters. The first-order chi connectivity index (χ1) is 15.9. The molecule has 6 heteroatoms. The van der Waals surface area contributed by atoms with Crippen LogP contribution in [-0.2, 0) is 6.54 Å². The van der Waals surface area contributed by atoms with Crippen LogP contribution in [0.5, 0.6) is 11.5 Å². The van der Waals surface area contributed by atoms with E-state index in [4.69, 9.17) is 9.47 Å². The second-order valence-corrected chi connectivity index (χ2v) is 9.79. The molecule has 0 unspecified atom stereocenters. The Kier molecular flexibility index (Phi) is 7.89. The van der Waals surface area contributed by atoms with Crippen LogP contribution in [0.1, 0.15) is 56.9 Å². The van der Waals surface area contributed by atoms with Crippen molar-refractivity contribution in [1.29, 1.82) is 0 Å². The quantitative estimate of drug-likeness (QED) is 0.602.